The van der Waals surface area contributed by atoms with Crippen molar-refractivity contribution in [2.45, 2.75) is 37.8 Å². The Balaban J connectivity index is 1.83. The van der Waals surface area contributed by atoms with E-state index in [1.165, 1.54) is 19.2 Å². The van der Waals surface area contributed by atoms with E-state index < -0.39 is 10.9 Å². The Morgan fingerprint density at radius 3 is 2.44 bits per heavy atom. The molecule has 0 N–H and O–H groups in total. The SMILES string of the molecule is COc1cc(N(C)C)c([N+](=O)[O-])cc1C(=O)ON=C1CC2CCC(C1)N2C. The number of fused-ring (bicyclic) bond motifs is 2. The van der Waals surface area contributed by atoms with Crippen LogP contribution in [0.3, 0.4) is 0 Å². The molecule has 9 nitrogen and oxygen atoms in total. The summed E-state index contributed by atoms with van der Waals surface area (Å²) in [6.07, 6.45) is 3.80. The van der Waals surface area contributed by atoms with Gasteiger partial charge >= 0.3 is 5.97 Å². The average Bonchev–Trinajstić information content (AvgIpc) is 2.85. The number of nitro groups is 1. The molecule has 0 radical (unpaired) electrons. The van der Waals surface area contributed by atoms with Gasteiger partial charge in [-0.1, -0.05) is 5.16 Å². The highest BCUT2D eigenvalue weighted by Gasteiger charge is 2.37. The van der Waals surface area contributed by atoms with Crippen LogP contribution in [-0.4, -0.2) is 61.8 Å². The maximum Gasteiger partial charge on any atom is 0.369 e. The van der Waals surface area contributed by atoms with Gasteiger partial charge in [-0.25, -0.2) is 4.79 Å². The lowest BCUT2D eigenvalue weighted by molar-refractivity contribution is -0.384. The van der Waals surface area contributed by atoms with Crippen LogP contribution in [0, 0.1) is 10.1 Å². The van der Waals surface area contributed by atoms with Crippen molar-refractivity contribution in [3.63, 3.8) is 0 Å². The Kier molecular flexibility index (Phi) is 5.31. The lowest BCUT2D eigenvalue weighted by Gasteiger charge is -2.31. The van der Waals surface area contributed by atoms with Crippen LogP contribution in [-0.2, 0) is 4.84 Å². The third-order valence-electron chi connectivity index (χ3n) is 5.38. The zero-order valence-corrected chi connectivity index (χ0v) is 16.0. The summed E-state index contributed by atoms with van der Waals surface area (Å²) >= 11 is 0. The first-order valence-electron chi connectivity index (χ1n) is 8.84. The number of ether oxygens (including phenoxy) is 1. The minimum absolute atomic E-state index is 0.0185. The molecule has 27 heavy (non-hydrogen) atoms. The van der Waals surface area contributed by atoms with Crippen LogP contribution in [0.2, 0.25) is 0 Å². The second-order valence-corrected chi connectivity index (χ2v) is 7.19. The van der Waals surface area contributed by atoms with Crippen LogP contribution in [0.1, 0.15) is 36.0 Å². The summed E-state index contributed by atoms with van der Waals surface area (Å²) in [6, 6.07) is 3.51. The molecule has 2 bridgehead atoms. The largest absolute Gasteiger partial charge is 0.496 e. The van der Waals surface area contributed by atoms with Crippen LogP contribution in [0.25, 0.3) is 0 Å². The van der Waals surface area contributed by atoms with Gasteiger partial charge in [0.15, 0.2) is 0 Å². The fourth-order valence-corrected chi connectivity index (χ4v) is 3.83. The fraction of sp³-hybridized carbons (Fsp3) is 0.556. The maximum absolute atomic E-state index is 12.5. The van der Waals surface area contributed by atoms with Gasteiger partial charge in [0.1, 0.15) is 17.0 Å². The molecule has 1 aromatic rings. The van der Waals surface area contributed by atoms with E-state index >= 15 is 0 Å². The second kappa shape index (κ2) is 7.51. The van der Waals surface area contributed by atoms with Crippen molar-refractivity contribution in [1.29, 1.82) is 0 Å². The lowest BCUT2D eigenvalue weighted by Crippen LogP contribution is -2.40. The topological polar surface area (TPSA) is 97.5 Å². The molecule has 0 aromatic heterocycles. The summed E-state index contributed by atoms with van der Waals surface area (Å²) in [5.41, 5.74) is 0.978. The van der Waals surface area contributed by atoms with E-state index in [9.17, 15) is 14.9 Å². The molecule has 146 valence electrons. The Morgan fingerprint density at radius 1 is 1.30 bits per heavy atom. The van der Waals surface area contributed by atoms with E-state index in [4.69, 9.17) is 9.57 Å². The van der Waals surface area contributed by atoms with Gasteiger partial charge in [0, 0.05) is 51.2 Å². The summed E-state index contributed by atoms with van der Waals surface area (Å²) in [5.74, 6) is -0.558. The van der Waals surface area contributed by atoms with Gasteiger partial charge in [0.05, 0.1) is 17.7 Å². The number of piperidine rings is 1. The zero-order chi connectivity index (χ0) is 19.7. The third kappa shape index (κ3) is 3.73. The standard InChI is InChI=1S/C18H24N4O5/c1-20(2)15-10-17(26-4)14(9-16(15)22(24)25)18(23)27-19-11-7-12-5-6-13(8-11)21(12)3/h9-10,12-13H,5-8H2,1-4H3. The smallest absolute Gasteiger partial charge is 0.369 e. The van der Waals surface area contributed by atoms with Crippen LogP contribution in [0.5, 0.6) is 5.75 Å². The van der Waals surface area contributed by atoms with Gasteiger partial charge in [0.2, 0.25) is 0 Å². The van der Waals surface area contributed by atoms with Crippen LogP contribution < -0.4 is 9.64 Å². The van der Waals surface area contributed by atoms with Gasteiger partial charge in [-0.2, -0.15) is 0 Å². The molecule has 3 rings (SSSR count). The van der Waals surface area contributed by atoms with Gasteiger partial charge < -0.3 is 14.5 Å². The first-order valence-corrected chi connectivity index (χ1v) is 8.84. The number of oxime groups is 1. The highest BCUT2D eigenvalue weighted by atomic mass is 16.7. The van der Waals surface area contributed by atoms with Crippen LogP contribution in [0.15, 0.2) is 17.3 Å². The number of nitrogens with zero attached hydrogens (tertiary/aromatic N) is 4. The quantitative estimate of drug-likeness (QED) is 0.442. The van der Waals surface area contributed by atoms with Crippen LogP contribution >= 0.6 is 0 Å². The van der Waals surface area contributed by atoms with Crippen LogP contribution in [0.4, 0.5) is 11.4 Å². The molecular formula is C18H24N4O5. The summed E-state index contributed by atoms with van der Waals surface area (Å²) in [4.78, 5) is 32.4. The summed E-state index contributed by atoms with van der Waals surface area (Å²) < 4.78 is 5.24. The van der Waals surface area contributed by atoms with E-state index in [1.54, 1.807) is 19.0 Å². The number of carbonyl (C=O) groups is 1. The summed E-state index contributed by atoms with van der Waals surface area (Å²) in [5, 5.41) is 15.4. The van der Waals surface area contributed by atoms with Crippen molar-refractivity contribution in [1.82, 2.24) is 4.90 Å². The molecule has 2 fully saturated rings. The van der Waals surface area contributed by atoms with E-state index in [0.29, 0.717) is 17.8 Å². The molecular weight excluding hydrogens is 352 g/mol. The van der Waals surface area contributed by atoms with Crippen molar-refractivity contribution >= 4 is 23.1 Å². The number of rotatable bonds is 5. The van der Waals surface area contributed by atoms with Gasteiger partial charge in [-0.15, -0.1) is 0 Å². The number of benzene rings is 1. The highest BCUT2D eigenvalue weighted by molar-refractivity contribution is 5.95. The zero-order valence-electron chi connectivity index (χ0n) is 16.0. The molecule has 0 amide bonds. The first-order chi connectivity index (χ1) is 12.8. The maximum atomic E-state index is 12.5. The lowest BCUT2D eigenvalue weighted by atomic mass is 10.0. The minimum Gasteiger partial charge on any atom is -0.496 e. The molecule has 0 spiro atoms. The number of nitro benzene ring substituents is 1. The van der Waals surface area contributed by atoms with Crippen molar-refractivity contribution in [2.24, 2.45) is 5.16 Å². The molecule has 2 saturated heterocycles. The highest BCUT2D eigenvalue weighted by Crippen LogP contribution is 2.35. The Labute approximate surface area is 157 Å². The van der Waals surface area contributed by atoms with E-state index in [-0.39, 0.29) is 17.0 Å². The normalized spacial score (nSPS) is 21.7. The Hall–Kier alpha value is -2.68. The van der Waals surface area contributed by atoms with Gasteiger partial charge in [-0.05, 0) is 19.9 Å². The summed E-state index contributed by atoms with van der Waals surface area (Å²) in [6.45, 7) is 0. The molecule has 2 heterocycles. The fourth-order valence-electron chi connectivity index (χ4n) is 3.83. The molecule has 2 aliphatic rings. The minimum atomic E-state index is -0.765. The Morgan fingerprint density at radius 2 is 1.93 bits per heavy atom. The molecule has 0 aliphatic carbocycles. The molecule has 0 saturated carbocycles. The van der Waals surface area contributed by atoms with Gasteiger partial charge in [-0.3, -0.25) is 15.0 Å². The predicted octanol–water partition coefficient (Wildman–Crippen LogP) is 2.44. The molecule has 2 unspecified atom stereocenters. The summed E-state index contributed by atoms with van der Waals surface area (Å²) in [7, 11) is 6.87. The number of carbonyl (C=O) groups excluding carboxylic acids is 1. The van der Waals surface area contributed by atoms with E-state index in [1.807, 2.05) is 0 Å². The first kappa shape index (κ1) is 19.1. The van der Waals surface area contributed by atoms with Crippen molar-refractivity contribution in [2.75, 3.05) is 33.2 Å². The van der Waals surface area contributed by atoms with Crippen molar-refractivity contribution < 1.29 is 19.3 Å². The number of hydrogen-bond donors (Lipinski definition) is 0. The second-order valence-electron chi connectivity index (χ2n) is 7.19. The molecule has 9 heteroatoms. The number of methoxy groups -OCH3 is 1. The average molecular weight is 376 g/mol. The van der Waals surface area contributed by atoms with E-state index in [2.05, 4.69) is 17.1 Å². The number of hydrogen-bond acceptors (Lipinski definition) is 8. The van der Waals surface area contributed by atoms with Crippen molar-refractivity contribution in [3.05, 3.63) is 27.8 Å². The third-order valence-corrected chi connectivity index (χ3v) is 5.38. The van der Waals surface area contributed by atoms with E-state index in [0.717, 1.165) is 31.4 Å². The predicted molar refractivity (Wildman–Crippen MR) is 101 cm³/mol. The number of anilines is 1. The molecule has 2 aliphatic heterocycles. The molecule has 2 atom stereocenters. The monoisotopic (exact) mass is 376 g/mol. The van der Waals surface area contributed by atoms with Gasteiger partial charge in [0.25, 0.3) is 5.69 Å². The Bertz CT molecular complexity index is 776. The molecule has 1 aromatic carbocycles. The van der Waals surface area contributed by atoms with Crippen molar-refractivity contribution in [3.8, 4) is 5.75 Å².